The molecule has 0 aliphatic carbocycles. The molecule has 0 saturated heterocycles. The maximum Gasteiger partial charge on any atom is 0.284 e. The highest BCUT2D eigenvalue weighted by atomic mass is 79.9. The van der Waals surface area contributed by atoms with Crippen LogP contribution >= 0.6 is 39.3 Å². The van der Waals surface area contributed by atoms with E-state index in [4.69, 9.17) is 16.0 Å². The molecule has 0 unspecified atom stereocenters. The second kappa shape index (κ2) is 7.33. The Morgan fingerprint density at radius 3 is 2.75 bits per heavy atom. The Kier molecular flexibility index (Phi) is 5.74. The zero-order chi connectivity index (χ0) is 14.5. The maximum atomic E-state index is 12.1. The third-order valence-electron chi connectivity index (χ3n) is 2.45. The highest BCUT2D eigenvalue weighted by Crippen LogP contribution is 2.27. The predicted octanol–water partition coefficient (Wildman–Crippen LogP) is 5.76. The van der Waals surface area contributed by atoms with Crippen molar-refractivity contribution in [3.05, 3.63) is 51.3 Å². The van der Waals surface area contributed by atoms with Crippen molar-refractivity contribution in [1.29, 1.82) is 0 Å². The van der Waals surface area contributed by atoms with E-state index in [2.05, 4.69) is 21.2 Å². The molecule has 0 radical (unpaired) electrons. The van der Waals surface area contributed by atoms with Crippen LogP contribution in [0.5, 0.6) is 0 Å². The van der Waals surface area contributed by atoms with Gasteiger partial charge in [-0.1, -0.05) is 23.4 Å². The highest BCUT2D eigenvalue weighted by molar-refractivity contribution is 9.10. The normalized spacial score (nSPS) is 11.1. The van der Waals surface area contributed by atoms with E-state index in [0.29, 0.717) is 34.8 Å². The largest absolute Gasteiger partial charge is 0.463 e. The Bertz CT molecular complexity index is 579. The van der Waals surface area contributed by atoms with Crippen LogP contribution in [0.3, 0.4) is 0 Å². The molecule has 2 nitrogen and oxygen atoms in total. The van der Waals surface area contributed by atoms with E-state index in [-0.39, 0.29) is 5.75 Å². The molecule has 1 aromatic carbocycles. The third-order valence-corrected chi connectivity index (χ3v) is 4.08. The first-order chi connectivity index (χ1) is 9.54. The first-order valence-corrected chi connectivity index (χ1v) is 7.93. The summed E-state index contributed by atoms with van der Waals surface area (Å²) >= 11 is 9.87. The second-order valence-electron chi connectivity index (χ2n) is 3.92. The summed E-state index contributed by atoms with van der Waals surface area (Å²) in [4.78, 5) is 0. The van der Waals surface area contributed by atoms with Crippen LogP contribution in [0.4, 0.5) is 14.5 Å². The first kappa shape index (κ1) is 15.7. The van der Waals surface area contributed by atoms with Crippen LogP contribution in [-0.4, -0.2) is 5.76 Å². The number of hydrogen-bond donors (Lipinski definition) is 1. The number of alkyl halides is 2. The molecule has 1 heterocycles. The number of nitrogens with one attached hydrogen (secondary N) is 1. The molecule has 0 fully saturated rings. The van der Waals surface area contributed by atoms with E-state index in [1.807, 2.05) is 6.07 Å². The molecule has 0 saturated carbocycles. The third kappa shape index (κ3) is 4.68. The number of hydrogen-bond acceptors (Lipinski definition) is 3. The lowest BCUT2D eigenvalue weighted by atomic mass is 10.3. The van der Waals surface area contributed by atoms with E-state index in [0.717, 1.165) is 10.2 Å². The lowest BCUT2D eigenvalue weighted by molar-refractivity contribution is 0.251. The summed E-state index contributed by atoms with van der Waals surface area (Å²) in [6, 6.07) is 8.90. The van der Waals surface area contributed by atoms with Crippen molar-refractivity contribution in [1.82, 2.24) is 0 Å². The van der Waals surface area contributed by atoms with Crippen molar-refractivity contribution in [3.63, 3.8) is 0 Å². The van der Waals surface area contributed by atoms with Gasteiger partial charge in [0.1, 0.15) is 11.5 Å². The minimum Gasteiger partial charge on any atom is -0.463 e. The monoisotopic (exact) mass is 381 g/mol. The van der Waals surface area contributed by atoms with Crippen LogP contribution in [-0.2, 0) is 12.3 Å². The van der Waals surface area contributed by atoms with Crippen LogP contribution in [0.25, 0.3) is 0 Å². The molecule has 20 heavy (non-hydrogen) atoms. The average molecular weight is 383 g/mol. The summed E-state index contributed by atoms with van der Waals surface area (Å²) in [5.74, 6) is -0.999. The maximum absolute atomic E-state index is 12.1. The fourth-order valence-corrected chi connectivity index (χ4v) is 2.56. The van der Waals surface area contributed by atoms with Crippen molar-refractivity contribution in [2.24, 2.45) is 0 Å². The molecule has 2 aromatic rings. The lowest BCUT2D eigenvalue weighted by Crippen LogP contribution is -1.98. The van der Waals surface area contributed by atoms with Crippen molar-refractivity contribution in [2.75, 3.05) is 5.32 Å². The molecule has 0 atom stereocenters. The highest BCUT2D eigenvalue weighted by Gasteiger charge is 2.08. The Morgan fingerprint density at radius 1 is 1.25 bits per heavy atom. The fourth-order valence-electron chi connectivity index (χ4n) is 1.56. The van der Waals surface area contributed by atoms with Gasteiger partial charge in [0.25, 0.3) is 5.76 Å². The Labute approximate surface area is 133 Å². The molecule has 7 heteroatoms. The molecule has 0 aliphatic rings. The zero-order valence-electron chi connectivity index (χ0n) is 10.2. The average Bonchev–Trinajstić information content (AvgIpc) is 2.85. The number of halogens is 4. The second-order valence-corrected chi connectivity index (χ2v) is 6.19. The van der Waals surface area contributed by atoms with Gasteiger partial charge in [-0.2, -0.15) is 8.78 Å². The minimum atomic E-state index is -2.39. The van der Waals surface area contributed by atoms with Gasteiger partial charge in [0.15, 0.2) is 0 Å². The molecule has 0 aliphatic heterocycles. The Balaban J connectivity index is 1.92. The first-order valence-electron chi connectivity index (χ1n) is 5.71. The van der Waals surface area contributed by atoms with E-state index >= 15 is 0 Å². The standard InChI is InChI=1S/C13H11BrClF2NOS/c14-11-4-1-8(15)5-12(11)18-6-9-2-3-10(19-9)7-20-13(16)17/h1-5,13,18H,6-7H2. The number of thioether (sulfide) groups is 1. The summed E-state index contributed by atoms with van der Waals surface area (Å²) < 4.78 is 30.5. The predicted molar refractivity (Wildman–Crippen MR) is 82.5 cm³/mol. The zero-order valence-corrected chi connectivity index (χ0v) is 13.4. The topological polar surface area (TPSA) is 25.2 Å². The van der Waals surface area contributed by atoms with Crippen molar-refractivity contribution >= 4 is 45.0 Å². The molecular formula is C13H11BrClF2NOS. The van der Waals surface area contributed by atoms with Crippen molar-refractivity contribution in [2.45, 2.75) is 18.1 Å². The van der Waals surface area contributed by atoms with Gasteiger partial charge in [-0.3, -0.25) is 0 Å². The Hall–Kier alpha value is -0.720. The summed E-state index contributed by atoms with van der Waals surface area (Å²) in [6.45, 7) is 0.457. The number of rotatable bonds is 6. The quantitative estimate of drug-likeness (QED) is 0.687. The molecule has 2 rings (SSSR count). The Morgan fingerprint density at radius 2 is 2.00 bits per heavy atom. The van der Waals surface area contributed by atoms with Gasteiger partial charge < -0.3 is 9.73 Å². The molecule has 108 valence electrons. The summed E-state index contributed by atoms with van der Waals surface area (Å²) in [7, 11) is 0. The van der Waals surface area contributed by atoms with Crippen molar-refractivity contribution in [3.8, 4) is 0 Å². The number of furan rings is 1. The summed E-state index contributed by atoms with van der Waals surface area (Å²) in [5, 5.41) is 3.80. The van der Waals surface area contributed by atoms with Crippen LogP contribution in [0, 0.1) is 0 Å². The van der Waals surface area contributed by atoms with Gasteiger partial charge in [-0.15, -0.1) is 0 Å². The van der Waals surface area contributed by atoms with Gasteiger partial charge in [-0.05, 0) is 46.3 Å². The molecule has 1 N–H and O–H groups in total. The van der Waals surface area contributed by atoms with E-state index in [1.165, 1.54) is 0 Å². The minimum absolute atomic E-state index is 0.165. The fraction of sp³-hybridized carbons (Fsp3) is 0.231. The summed E-state index contributed by atoms with van der Waals surface area (Å²) in [5.41, 5.74) is 0.845. The molecule has 0 amide bonds. The molecule has 0 bridgehead atoms. The van der Waals surface area contributed by atoms with Gasteiger partial charge in [-0.25, -0.2) is 0 Å². The molecular weight excluding hydrogens is 372 g/mol. The van der Waals surface area contributed by atoms with Gasteiger partial charge in [0.05, 0.1) is 18.0 Å². The number of anilines is 1. The van der Waals surface area contributed by atoms with E-state index in [9.17, 15) is 8.78 Å². The van der Waals surface area contributed by atoms with Gasteiger partial charge in [0.2, 0.25) is 0 Å². The molecule has 0 spiro atoms. The smallest absolute Gasteiger partial charge is 0.284 e. The number of benzene rings is 1. The van der Waals surface area contributed by atoms with Crippen LogP contribution in [0.1, 0.15) is 11.5 Å². The van der Waals surface area contributed by atoms with Crippen molar-refractivity contribution < 1.29 is 13.2 Å². The van der Waals surface area contributed by atoms with E-state index < -0.39 is 5.76 Å². The van der Waals surface area contributed by atoms with Crippen LogP contribution in [0.15, 0.2) is 39.2 Å². The lowest BCUT2D eigenvalue weighted by Gasteiger charge is -2.07. The van der Waals surface area contributed by atoms with E-state index in [1.54, 1.807) is 24.3 Å². The van der Waals surface area contributed by atoms with Gasteiger partial charge >= 0.3 is 0 Å². The van der Waals surface area contributed by atoms with Crippen LogP contribution < -0.4 is 5.32 Å². The van der Waals surface area contributed by atoms with Gasteiger partial charge in [0, 0.05) is 9.50 Å². The summed E-state index contributed by atoms with van der Waals surface area (Å²) in [6.07, 6.45) is 0. The molecule has 1 aromatic heterocycles. The van der Waals surface area contributed by atoms with Crippen LogP contribution in [0.2, 0.25) is 5.02 Å². The SMILES string of the molecule is FC(F)SCc1ccc(CNc2cc(Cl)ccc2Br)o1.